The number of nitrogens with zero attached hydrogens (tertiary/aromatic N) is 2. The van der Waals surface area contributed by atoms with Gasteiger partial charge in [-0.25, -0.2) is 4.39 Å². The lowest BCUT2D eigenvalue weighted by Crippen LogP contribution is -2.17. The van der Waals surface area contributed by atoms with Crippen molar-refractivity contribution in [2.45, 2.75) is 12.8 Å². The molecule has 0 atom stereocenters. The number of nitro benzene ring substituents is 1. The Hall–Kier alpha value is -2.14. The van der Waals surface area contributed by atoms with Gasteiger partial charge in [0.2, 0.25) is 0 Å². The number of anilines is 2. The highest BCUT2D eigenvalue weighted by atomic mass is 35.5. The number of benzene rings is 2. The quantitative estimate of drug-likeness (QED) is 0.459. The monoisotopic (exact) mass is 308 g/mol. The van der Waals surface area contributed by atoms with E-state index in [-0.39, 0.29) is 17.4 Å². The molecule has 0 bridgehead atoms. The van der Waals surface area contributed by atoms with Crippen molar-refractivity contribution in [3.8, 4) is 0 Å². The number of hydrogen-bond acceptors (Lipinski definition) is 3. The van der Waals surface area contributed by atoms with Crippen LogP contribution in [0.3, 0.4) is 0 Å². The summed E-state index contributed by atoms with van der Waals surface area (Å²) in [5.41, 5.74) is 1.61. The lowest BCUT2D eigenvalue weighted by Gasteiger charge is -2.23. The van der Waals surface area contributed by atoms with E-state index in [1.807, 2.05) is 6.92 Å². The Morgan fingerprint density at radius 3 is 2.62 bits per heavy atom. The van der Waals surface area contributed by atoms with E-state index in [0.29, 0.717) is 23.5 Å². The van der Waals surface area contributed by atoms with E-state index in [2.05, 4.69) is 0 Å². The van der Waals surface area contributed by atoms with Gasteiger partial charge in [0.15, 0.2) is 0 Å². The first-order valence-electron chi connectivity index (χ1n) is 6.43. The standard InChI is InChI=1S/C15H14ClFN2O2/c1-2-18(13-5-3-4-12(17)9-13)14-7-6-11(10-16)8-15(14)19(20)21/h3-9H,2,10H2,1H3. The molecule has 0 aromatic heterocycles. The smallest absolute Gasteiger partial charge is 0.293 e. The Morgan fingerprint density at radius 2 is 2.05 bits per heavy atom. The van der Waals surface area contributed by atoms with Crippen LogP contribution in [0.4, 0.5) is 21.5 Å². The van der Waals surface area contributed by atoms with Crippen LogP contribution in [0.15, 0.2) is 42.5 Å². The van der Waals surface area contributed by atoms with E-state index >= 15 is 0 Å². The van der Waals surface area contributed by atoms with Gasteiger partial charge < -0.3 is 4.90 Å². The minimum atomic E-state index is -0.451. The van der Waals surface area contributed by atoms with Crippen LogP contribution in [0.25, 0.3) is 0 Å². The molecule has 4 nitrogen and oxygen atoms in total. The SMILES string of the molecule is CCN(c1cccc(F)c1)c1ccc(CCl)cc1[N+](=O)[O-]. The van der Waals surface area contributed by atoms with Crippen molar-refractivity contribution in [3.05, 3.63) is 64.0 Å². The summed E-state index contributed by atoms with van der Waals surface area (Å²) < 4.78 is 13.4. The van der Waals surface area contributed by atoms with Gasteiger partial charge in [-0.3, -0.25) is 10.1 Å². The third-order valence-electron chi connectivity index (χ3n) is 3.12. The number of nitro groups is 1. The normalized spacial score (nSPS) is 10.4. The number of alkyl halides is 1. The number of halogens is 2. The Kier molecular flexibility index (Phi) is 4.75. The molecule has 0 fully saturated rings. The average Bonchev–Trinajstić information content (AvgIpc) is 2.48. The first-order chi connectivity index (χ1) is 10.1. The van der Waals surface area contributed by atoms with Crippen LogP contribution < -0.4 is 4.90 Å². The molecule has 0 spiro atoms. The zero-order valence-electron chi connectivity index (χ0n) is 11.4. The Labute approximate surface area is 126 Å². The first-order valence-corrected chi connectivity index (χ1v) is 6.96. The minimum absolute atomic E-state index is 0.0424. The molecule has 0 aliphatic heterocycles. The predicted molar refractivity (Wildman–Crippen MR) is 81.7 cm³/mol. The van der Waals surface area contributed by atoms with Crippen molar-refractivity contribution < 1.29 is 9.31 Å². The second kappa shape index (κ2) is 6.54. The van der Waals surface area contributed by atoms with Gasteiger partial charge in [0.1, 0.15) is 11.5 Å². The minimum Gasteiger partial charge on any atom is -0.336 e. The summed E-state index contributed by atoms with van der Waals surface area (Å²) in [4.78, 5) is 12.5. The van der Waals surface area contributed by atoms with Crippen LogP contribution in [0.1, 0.15) is 12.5 Å². The van der Waals surface area contributed by atoms with E-state index in [0.717, 1.165) is 0 Å². The fraction of sp³-hybridized carbons (Fsp3) is 0.200. The molecule has 2 aromatic rings. The highest BCUT2D eigenvalue weighted by Crippen LogP contribution is 2.34. The molecule has 0 aliphatic carbocycles. The summed E-state index contributed by atoms with van der Waals surface area (Å²) in [5.74, 6) is -0.182. The zero-order valence-corrected chi connectivity index (χ0v) is 12.2. The molecule has 0 unspecified atom stereocenters. The van der Waals surface area contributed by atoms with E-state index in [9.17, 15) is 14.5 Å². The fourth-order valence-corrected chi connectivity index (χ4v) is 2.33. The molecule has 0 saturated carbocycles. The van der Waals surface area contributed by atoms with E-state index in [1.54, 1.807) is 29.2 Å². The molecule has 0 radical (unpaired) electrons. The Balaban J connectivity index is 2.54. The number of rotatable bonds is 5. The van der Waals surface area contributed by atoms with Gasteiger partial charge in [-0.2, -0.15) is 0 Å². The van der Waals surface area contributed by atoms with Crippen molar-refractivity contribution in [1.29, 1.82) is 0 Å². The maximum absolute atomic E-state index is 13.4. The highest BCUT2D eigenvalue weighted by Gasteiger charge is 2.20. The molecular formula is C15H14ClFN2O2. The fourth-order valence-electron chi connectivity index (χ4n) is 2.16. The molecule has 2 aromatic carbocycles. The van der Waals surface area contributed by atoms with Crippen LogP contribution in [0.5, 0.6) is 0 Å². The van der Waals surface area contributed by atoms with E-state index < -0.39 is 4.92 Å². The summed E-state index contributed by atoms with van der Waals surface area (Å²) in [6.45, 7) is 2.33. The predicted octanol–water partition coefficient (Wildman–Crippen LogP) is 4.63. The highest BCUT2D eigenvalue weighted by molar-refractivity contribution is 6.17. The van der Waals surface area contributed by atoms with Gasteiger partial charge in [-0.1, -0.05) is 12.1 Å². The molecule has 0 saturated heterocycles. The second-order valence-electron chi connectivity index (χ2n) is 4.44. The molecule has 6 heteroatoms. The van der Waals surface area contributed by atoms with Crippen molar-refractivity contribution in [2.24, 2.45) is 0 Å². The largest absolute Gasteiger partial charge is 0.336 e. The molecule has 0 aliphatic rings. The molecule has 0 N–H and O–H groups in total. The van der Waals surface area contributed by atoms with Crippen molar-refractivity contribution in [2.75, 3.05) is 11.4 Å². The zero-order chi connectivity index (χ0) is 15.4. The molecule has 110 valence electrons. The topological polar surface area (TPSA) is 46.4 Å². The van der Waals surface area contributed by atoms with Crippen LogP contribution >= 0.6 is 11.6 Å². The summed E-state index contributed by atoms with van der Waals surface area (Å²) in [5, 5.41) is 11.3. The lowest BCUT2D eigenvalue weighted by atomic mass is 10.1. The summed E-state index contributed by atoms with van der Waals surface area (Å²) in [6, 6.07) is 10.8. The van der Waals surface area contributed by atoms with Crippen molar-refractivity contribution in [1.82, 2.24) is 0 Å². The summed E-state index contributed by atoms with van der Waals surface area (Å²) in [6.07, 6.45) is 0. The number of hydrogen-bond donors (Lipinski definition) is 0. The molecule has 0 amide bonds. The lowest BCUT2D eigenvalue weighted by molar-refractivity contribution is -0.384. The van der Waals surface area contributed by atoms with E-state index in [1.165, 1.54) is 18.2 Å². The molecule has 0 heterocycles. The second-order valence-corrected chi connectivity index (χ2v) is 4.71. The van der Waals surface area contributed by atoms with Crippen molar-refractivity contribution in [3.63, 3.8) is 0 Å². The van der Waals surface area contributed by atoms with E-state index in [4.69, 9.17) is 11.6 Å². The van der Waals surface area contributed by atoms with Crippen LogP contribution in [-0.2, 0) is 5.88 Å². The van der Waals surface area contributed by atoms with Gasteiger partial charge >= 0.3 is 0 Å². The maximum Gasteiger partial charge on any atom is 0.293 e. The van der Waals surface area contributed by atoms with Crippen molar-refractivity contribution >= 4 is 28.7 Å². The Morgan fingerprint density at radius 1 is 1.29 bits per heavy atom. The first kappa shape index (κ1) is 15.3. The van der Waals surface area contributed by atoms with Gasteiger partial charge in [0.05, 0.1) is 4.92 Å². The summed E-state index contributed by atoms with van der Waals surface area (Å²) in [7, 11) is 0. The van der Waals surface area contributed by atoms with Gasteiger partial charge in [0, 0.05) is 24.2 Å². The van der Waals surface area contributed by atoms with Crippen LogP contribution in [-0.4, -0.2) is 11.5 Å². The van der Waals surface area contributed by atoms with Gasteiger partial charge in [0.25, 0.3) is 5.69 Å². The maximum atomic E-state index is 13.4. The average molecular weight is 309 g/mol. The third kappa shape index (κ3) is 3.31. The third-order valence-corrected chi connectivity index (χ3v) is 3.43. The van der Waals surface area contributed by atoms with Gasteiger partial charge in [-0.05, 0) is 36.8 Å². The molecule has 21 heavy (non-hydrogen) atoms. The molecular weight excluding hydrogens is 295 g/mol. The Bertz CT molecular complexity index is 664. The summed E-state index contributed by atoms with van der Waals surface area (Å²) >= 11 is 5.72. The van der Waals surface area contributed by atoms with Crippen LogP contribution in [0, 0.1) is 15.9 Å². The molecule has 2 rings (SSSR count). The van der Waals surface area contributed by atoms with Gasteiger partial charge in [-0.15, -0.1) is 11.6 Å². The van der Waals surface area contributed by atoms with Crippen LogP contribution in [0.2, 0.25) is 0 Å².